The van der Waals surface area contributed by atoms with Crippen LogP contribution in [0.15, 0.2) is 64.7 Å². The second kappa shape index (κ2) is 13.5. The van der Waals surface area contributed by atoms with Gasteiger partial charge in [0.2, 0.25) is 0 Å². The highest BCUT2D eigenvalue weighted by Crippen LogP contribution is 2.48. The van der Waals surface area contributed by atoms with Crippen LogP contribution in [0, 0.1) is 5.92 Å². The number of ether oxygens (including phenoxy) is 1. The lowest BCUT2D eigenvalue weighted by molar-refractivity contribution is -0.144. The Hall–Kier alpha value is -2.06. The van der Waals surface area contributed by atoms with E-state index in [1.165, 1.54) is 27.2 Å². The molecule has 0 bridgehead atoms. The van der Waals surface area contributed by atoms with E-state index in [1.54, 1.807) is 11.8 Å². The molecular weight excluding hydrogens is 497 g/mol. The van der Waals surface area contributed by atoms with Crippen LogP contribution in [0.5, 0.6) is 0 Å². The number of benzene rings is 2. The number of rotatable bonds is 11. The SMILES string of the molecule is C[C@H](/C=C\F)CCC(=O)OCCN1CCN(CCCN2c3ccccc3Sc3ccc(Cl)cc32)CC1. The van der Waals surface area contributed by atoms with Gasteiger partial charge >= 0.3 is 5.97 Å². The molecule has 1 fully saturated rings. The number of halogens is 2. The summed E-state index contributed by atoms with van der Waals surface area (Å²) >= 11 is 8.15. The predicted molar refractivity (Wildman–Crippen MR) is 146 cm³/mol. The Labute approximate surface area is 223 Å². The first-order valence-electron chi connectivity index (χ1n) is 12.7. The Morgan fingerprint density at radius 2 is 1.78 bits per heavy atom. The van der Waals surface area contributed by atoms with Gasteiger partial charge in [0.15, 0.2) is 0 Å². The molecule has 0 aromatic heterocycles. The Morgan fingerprint density at radius 1 is 1.06 bits per heavy atom. The van der Waals surface area contributed by atoms with Gasteiger partial charge < -0.3 is 14.5 Å². The van der Waals surface area contributed by atoms with Gasteiger partial charge in [-0.15, -0.1) is 0 Å². The Kier molecular flexibility index (Phi) is 10.1. The Morgan fingerprint density at radius 3 is 2.56 bits per heavy atom. The average molecular weight is 532 g/mol. The van der Waals surface area contributed by atoms with E-state index in [0.717, 1.165) is 57.3 Å². The molecule has 1 atom stereocenters. The summed E-state index contributed by atoms with van der Waals surface area (Å²) in [5.74, 6) is -0.153. The van der Waals surface area contributed by atoms with Crippen LogP contribution in [0.25, 0.3) is 0 Å². The summed E-state index contributed by atoms with van der Waals surface area (Å²) in [7, 11) is 0. The minimum absolute atomic E-state index is 0.0479. The smallest absolute Gasteiger partial charge is 0.305 e. The van der Waals surface area contributed by atoms with Gasteiger partial charge in [0.05, 0.1) is 17.7 Å². The number of hydrogen-bond acceptors (Lipinski definition) is 6. The first-order valence-corrected chi connectivity index (χ1v) is 13.9. The first-order chi connectivity index (χ1) is 17.5. The van der Waals surface area contributed by atoms with Gasteiger partial charge in [0, 0.05) is 60.5 Å². The molecule has 1 saturated heterocycles. The molecule has 4 rings (SSSR count). The summed E-state index contributed by atoms with van der Waals surface area (Å²) in [5, 5.41) is 0.768. The fraction of sp³-hybridized carbons (Fsp3) is 0.464. The van der Waals surface area contributed by atoms with Crippen molar-refractivity contribution in [3.8, 4) is 0 Å². The van der Waals surface area contributed by atoms with Crippen LogP contribution in [0.1, 0.15) is 26.2 Å². The number of fused-ring (bicyclic) bond motifs is 2. The maximum atomic E-state index is 12.2. The molecule has 2 aromatic rings. The first kappa shape index (κ1) is 27.0. The zero-order chi connectivity index (χ0) is 25.3. The molecule has 2 heterocycles. The number of anilines is 2. The highest BCUT2D eigenvalue weighted by Gasteiger charge is 2.24. The normalized spacial score (nSPS) is 17.1. The summed E-state index contributed by atoms with van der Waals surface area (Å²) in [4.78, 5) is 21.7. The number of allylic oxidation sites excluding steroid dienone is 1. The summed E-state index contributed by atoms with van der Waals surface area (Å²) < 4.78 is 17.5. The average Bonchev–Trinajstić information content (AvgIpc) is 2.88. The molecule has 2 aromatic carbocycles. The van der Waals surface area contributed by atoms with E-state index in [0.29, 0.717) is 25.8 Å². The lowest BCUT2D eigenvalue weighted by atomic mass is 10.1. The summed E-state index contributed by atoms with van der Waals surface area (Å²) in [6, 6.07) is 14.7. The van der Waals surface area contributed by atoms with Crippen LogP contribution >= 0.6 is 23.4 Å². The van der Waals surface area contributed by atoms with E-state index in [1.807, 2.05) is 13.0 Å². The van der Waals surface area contributed by atoms with Crippen molar-refractivity contribution in [2.24, 2.45) is 5.92 Å². The molecule has 0 aliphatic carbocycles. The molecule has 0 radical (unpaired) electrons. The number of para-hydroxylation sites is 1. The summed E-state index contributed by atoms with van der Waals surface area (Å²) in [6.45, 7) is 9.08. The van der Waals surface area contributed by atoms with Gasteiger partial charge in [0.25, 0.3) is 0 Å². The summed E-state index contributed by atoms with van der Waals surface area (Å²) in [6.07, 6.45) is 4.01. The van der Waals surface area contributed by atoms with Crippen molar-refractivity contribution in [1.82, 2.24) is 9.80 Å². The van der Waals surface area contributed by atoms with Crippen molar-refractivity contribution < 1.29 is 13.9 Å². The van der Waals surface area contributed by atoms with Crippen molar-refractivity contribution in [1.29, 1.82) is 0 Å². The highest BCUT2D eigenvalue weighted by atomic mass is 35.5. The van der Waals surface area contributed by atoms with Gasteiger partial charge in [-0.05, 0) is 55.6 Å². The second-order valence-corrected chi connectivity index (χ2v) is 10.9. The quantitative estimate of drug-likeness (QED) is 0.312. The van der Waals surface area contributed by atoms with Gasteiger partial charge in [0.1, 0.15) is 6.61 Å². The van der Waals surface area contributed by atoms with E-state index in [4.69, 9.17) is 16.3 Å². The molecule has 194 valence electrons. The monoisotopic (exact) mass is 531 g/mol. The molecule has 2 aliphatic heterocycles. The predicted octanol–water partition coefficient (Wildman–Crippen LogP) is 6.39. The highest BCUT2D eigenvalue weighted by molar-refractivity contribution is 7.99. The lowest BCUT2D eigenvalue weighted by Crippen LogP contribution is -2.47. The largest absolute Gasteiger partial charge is 0.464 e. The number of nitrogens with zero attached hydrogens (tertiary/aromatic N) is 3. The fourth-order valence-corrected chi connectivity index (χ4v) is 5.90. The van der Waals surface area contributed by atoms with Crippen LogP contribution < -0.4 is 4.90 Å². The van der Waals surface area contributed by atoms with Crippen molar-refractivity contribution >= 4 is 40.7 Å². The van der Waals surface area contributed by atoms with E-state index in [2.05, 4.69) is 51.1 Å². The minimum Gasteiger partial charge on any atom is -0.464 e. The Balaban J connectivity index is 1.17. The third-order valence-corrected chi connectivity index (χ3v) is 8.15. The molecule has 0 unspecified atom stereocenters. The topological polar surface area (TPSA) is 36.0 Å². The van der Waals surface area contributed by atoms with E-state index < -0.39 is 0 Å². The molecule has 8 heteroatoms. The third-order valence-electron chi connectivity index (χ3n) is 6.78. The zero-order valence-corrected chi connectivity index (χ0v) is 22.4. The number of carbonyl (C=O) groups is 1. The molecule has 2 aliphatic rings. The molecule has 5 nitrogen and oxygen atoms in total. The van der Waals surface area contributed by atoms with Crippen LogP contribution in [0.3, 0.4) is 0 Å². The number of esters is 1. The van der Waals surface area contributed by atoms with Crippen molar-refractivity contribution in [2.75, 3.05) is 57.3 Å². The number of carbonyl (C=O) groups excluding carboxylic acids is 1. The molecular formula is C28H35ClFN3O2S. The van der Waals surface area contributed by atoms with Gasteiger partial charge in [-0.1, -0.05) is 48.5 Å². The van der Waals surface area contributed by atoms with Crippen LogP contribution in [0.4, 0.5) is 15.8 Å². The summed E-state index contributed by atoms with van der Waals surface area (Å²) in [5.41, 5.74) is 2.45. The molecule has 36 heavy (non-hydrogen) atoms. The van der Waals surface area contributed by atoms with Crippen LogP contribution in [-0.2, 0) is 9.53 Å². The Bertz CT molecular complexity index is 1050. The fourth-order valence-electron chi connectivity index (χ4n) is 4.66. The molecule has 0 N–H and O–H groups in total. The van der Waals surface area contributed by atoms with Gasteiger partial charge in [-0.25, -0.2) is 4.39 Å². The molecule has 0 amide bonds. The van der Waals surface area contributed by atoms with Crippen molar-refractivity contribution in [3.63, 3.8) is 0 Å². The lowest BCUT2D eigenvalue weighted by Gasteiger charge is -2.36. The van der Waals surface area contributed by atoms with Crippen LogP contribution in [0.2, 0.25) is 5.02 Å². The standard InChI is InChI=1S/C28H35ClFN3O2S/c1-22(11-12-30)7-10-28(34)35-20-19-32-17-15-31(16-18-32)13-4-14-33-24-5-2-3-6-26(24)36-27-9-8-23(29)21-25(27)33/h2-3,5-6,8-9,11-12,21-22H,4,7,10,13-20H2,1H3/b12-11-/t22-/m0/s1. The minimum atomic E-state index is -0.201. The van der Waals surface area contributed by atoms with Crippen LogP contribution in [-0.4, -0.2) is 68.2 Å². The third kappa shape index (κ3) is 7.48. The van der Waals surface area contributed by atoms with E-state index in [9.17, 15) is 9.18 Å². The molecule has 0 spiro atoms. The molecule has 0 saturated carbocycles. The van der Waals surface area contributed by atoms with Gasteiger partial charge in [-0.2, -0.15) is 0 Å². The van der Waals surface area contributed by atoms with Crippen molar-refractivity contribution in [2.45, 2.75) is 36.0 Å². The zero-order valence-electron chi connectivity index (χ0n) is 20.9. The second-order valence-electron chi connectivity index (χ2n) is 9.43. The van der Waals surface area contributed by atoms with E-state index >= 15 is 0 Å². The van der Waals surface area contributed by atoms with E-state index in [-0.39, 0.29) is 11.9 Å². The number of piperazine rings is 1. The van der Waals surface area contributed by atoms with Crippen molar-refractivity contribution in [3.05, 3.63) is 59.9 Å². The number of hydrogen-bond donors (Lipinski definition) is 0. The maximum absolute atomic E-state index is 12.2. The van der Waals surface area contributed by atoms with Gasteiger partial charge in [-0.3, -0.25) is 9.69 Å². The maximum Gasteiger partial charge on any atom is 0.305 e.